The third-order valence-electron chi connectivity index (χ3n) is 4.90. The molecule has 35 heavy (non-hydrogen) atoms. The van der Waals surface area contributed by atoms with E-state index in [1.54, 1.807) is 12.1 Å². The van der Waals surface area contributed by atoms with Crippen molar-refractivity contribution in [1.82, 2.24) is 0 Å². The van der Waals surface area contributed by atoms with Gasteiger partial charge in [0.25, 0.3) is 0 Å². The molecule has 1 saturated heterocycles. The molecule has 2 aromatic rings. The molecule has 2 heterocycles. The van der Waals surface area contributed by atoms with Gasteiger partial charge in [0.2, 0.25) is 12.4 Å². The minimum atomic E-state index is -1.31. The van der Waals surface area contributed by atoms with Gasteiger partial charge in [0.1, 0.15) is 18.5 Å². The molecular weight excluding hydrogens is 504 g/mol. The van der Waals surface area contributed by atoms with Crippen LogP contribution in [-0.4, -0.2) is 61.2 Å². The fraction of sp³-hybridized carbons (Fsp3) is 0.478. The molecule has 3 rings (SSSR count). The quantitative estimate of drug-likeness (QED) is 0.287. The number of rotatable bonds is 8. The van der Waals surface area contributed by atoms with E-state index in [2.05, 4.69) is 0 Å². The summed E-state index contributed by atoms with van der Waals surface area (Å²) in [7, 11) is 0. The van der Waals surface area contributed by atoms with Gasteiger partial charge in [-0.3, -0.25) is 19.2 Å². The molecule has 12 heteroatoms. The van der Waals surface area contributed by atoms with Crippen molar-refractivity contribution >= 4 is 56.9 Å². The molecule has 0 aliphatic carbocycles. The van der Waals surface area contributed by atoms with Crippen molar-refractivity contribution in [1.29, 1.82) is 0 Å². The number of hydrogen-bond acceptors (Lipinski definition) is 11. The molecule has 0 saturated carbocycles. The van der Waals surface area contributed by atoms with E-state index in [1.165, 1.54) is 25.2 Å². The largest absolute Gasteiger partial charge is 0.463 e. The number of hydrogen-bond donors (Lipinski definition) is 0. The maximum atomic E-state index is 12.0. The Bertz CT molecular complexity index is 1100. The van der Waals surface area contributed by atoms with Crippen LogP contribution in [0, 0.1) is 0 Å². The van der Waals surface area contributed by atoms with Gasteiger partial charge in [-0.2, -0.15) is 0 Å². The molecule has 10 nitrogen and oxygen atoms in total. The number of fused-ring (bicyclic) bond motifs is 1. The summed E-state index contributed by atoms with van der Waals surface area (Å²) in [5.74, 6) is -2.02. The first-order chi connectivity index (χ1) is 16.6. The lowest BCUT2D eigenvalue weighted by Gasteiger charge is -2.43. The summed E-state index contributed by atoms with van der Waals surface area (Å²) in [5, 5.41) is 0.751. The first-order valence-electron chi connectivity index (χ1n) is 10.6. The average molecular weight is 529 g/mol. The number of ether oxygens (including phenoxy) is 6. The Kier molecular flexibility index (Phi) is 8.92. The number of thiophene rings is 1. The molecule has 0 unspecified atom stereocenters. The number of carbonyl (C=O) groups is 4. The molecule has 0 bridgehead atoms. The molecule has 0 N–H and O–H groups in total. The molecule has 1 aromatic heterocycles. The Morgan fingerprint density at radius 1 is 0.914 bits per heavy atom. The summed E-state index contributed by atoms with van der Waals surface area (Å²) < 4.78 is 34.3. The first-order valence-corrected chi connectivity index (χ1v) is 12.0. The lowest BCUT2D eigenvalue weighted by molar-refractivity contribution is -0.288. The SMILES string of the molecule is CC(=O)OC[C@H]1O[C@@H](Oc2cccc3sc(CCl)cc23)[C@H](OC(C)=O)[C@@H](OC(C)=O)[C@H]1OC(C)=O. The van der Waals surface area contributed by atoms with Crippen LogP contribution >= 0.6 is 22.9 Å². The van der Waals surface area contributed by atoms with E-state index >= 15 is 0 Å². The fourth-order valence-corrected chi connectivity index (χ4v) is 4.83. The highest BCUT2D eigenvalue weighted by atomic mass is 35.5. The van der Waals surface area contributed by atoms with Crippen LogP contribution in [0.15, 0.2) is 24.3 Å². The summed E-state index contributed by atoms with van der Waals surface area (Å²) in [4.78, 5) is 48.1. The zero-order chi connectivity index (χ0) is 25.7. The second kappa shape index (κ2) is 11.7. The van der Waals surface area contributed by atoms with E-state index in [0.29, 0.717) is 11.6 Å². The van der Waals surface area contributed by atoms with Crippen molar-refractivity contribution in [2.75, 3.05) is 6.61 Å². The Labute approximate surface area is 210 Å². The van der Waals surface area contributed by atoms with Crippen LogP contribution < -0.4 is 4.74 Å². The summed E-state index contributed by atoms with van der Waals surface area (Å²) in [5.41, 5.74) is 0. The second-order valence-corrected chi connectivity index (χ2v) is 9.14. The summed E-state index contributed by atoms with van der Waals surface area (Å²) in [6, 6.07) is 7.24. The van der Waals surface area contributed by atoms with Crippen molar-refractivity contribution in [2.24, 2.45) is 0 Å². The molecule has 190 valence electrons. The zero-order valence-corrected chi connectivity index (χ0v) is 21.1. The van der Waals surface area contributed by atoms with Crippen molar-refractivity contribution in [3.05, 3.63) is 29.1 Å². The van der Waals surface area contributed by atoms with Gasteiger partial charge in [-0.25, -0.2) is 0 Å². The molecular formula is C23H25ClO10S. The molecule has 1 aromatic carbocycles. The molecule has 0 spiro atoms. The highest BCUT2D eigenvalue weighted by Gasteiger charge is 2.53. The lowest BCUT2D eigenvalue weighted by atomic mass is 9.98. The van der Waals surface area contributed by atoms with Crippen molar-refractivity contribution in [2.45, 2.75) is 64.3 Å². The van der Waals surface area contributed by atoms with E-state index < -0.39 is 54.6 Å². The topological polar surface area (TPSA) is 124 Å². The second-order valence-electron chi connectivity index (χ2n) is 7.70. The molecule has 1 aliphatic rings. The van der Waals surface area contributed by atoms with Crippen LogP contribution in [0.1, 0.15) is 32.6 Å². The highest BCUT2D eigenvalue weighted by molar-refractivity contribution is 7.19. The smallest absolute Gasteiger partial charge is 0.303 e. The maximum Gasteiger partial charge on any atom is 0.303 e. The monoisotopic (exact) mass is 528 g/mol. The summed E-state index contributed by atoms with van der Waals surface area (Å²) in [6.45, 7) is 4.34. The lowest BCUT2D eigenvalue weighted by Crippen LogP contribution is -2.63. The van der Waals surface area contributed by atoms with Gasteiger partial charge in [0.05, 0.1) is 5.88 Å². The highest BCUT2D eigenvalue weighted by Crippen LogP contribution is 2.36. The van der Waals surface area contributed by atoms with Gasteiger partial charge in [0, 0.05) is 42.7 Å². The molecule has 5 atom stereocenters. The van der Waals surface area contributed by atoms with Crippen LogP contribution in [-0.2, 0) is 48.7 Å². The number of esters is 4. The maximum absolute atomic E-state index is 12.0. The Balaban J connectivity index is 2.03. The number of benzene rings is 1. The normalized spacial score (nSPS) is 23.9. The molecule has 0 radical (unpaired) electrons. The van der Waals surface area contributed by atoms with E-state index in [1.807, 2.05) is 12.1 Å². The number of carbonyl (C=O) groups excluding carboxylic acids is 4. The van der Waals surface area contributed by atoms with Crippen LogP contribution in [0.25, 0.3) is 10.1 Å². The van der Waals surface area contributed by atoms with Crippen molar-refractivity contribution < 1.29 is 47.6 Å². The van der Waals surface area contributed by atoms with Crippen LogP contribution in [0.3, 0.4) is 0 Å². The van der Waals surface area contributed by atoms with Crippen LogP contribution in [0.5, 0.6) is 5.75 Å². The van der Waals surface area contributed by atoms with Gasteiger partial charge in [-0.15, -0.1) is 22.9 Å². The summed E-state index contributed by atoms with van der Waals surface area (Å²) >= 11 is 7.47. The zero-order valence-electron chi connectivity index (χ0n) is 19.5. The van der Waals surface area contributed by atoms with E-state index in [4.69, 9.17) is 40.0 Å². The van der Waals surface area contributed by atoms with Gasteiger partial charge in [0.15, 0.2) is 12.2 Å². The molecule has 1 fully saturated rings. The Hall–Kier alpha value is -2.89. The van der Waals surface area contributed by atoms with E-state index in [9.17, 15) is 19.2 Å². The van der Waals surface area contributed by atoms with Gasteiger partial charge in [-0.1, -0.05) is 6.07 Å². The van der Waals surface area contributed by atoms with Crippen molar-refractivity contribution in [3.8, 4) is 5.75 Å². The first kappa shape index (κ1) is 26.7. The molecule has 1 aliphatic heterocycles. The Morgan fingerprint density at radius 3 is 2.14 bits per heavy atom. The standard InChI is InChI=1S/C23H25ClO10S/c1-11(25)29-10-18-20(30-12(2)26)21(31-13(3)27)22(32-14(4)28)23(34-18)33-17-6-5-7-19-16(17)8-15(9-24)35-19/h5-8,18,20-23H,9-10H2,1-4H3/t18-,20+,21+,22-,23-/m1/s1. The van der Waals surface area contributed by atoms with Crippen molar-refractivity contribution in [3.63, 3.8) is 0 Å². The minimum absolute atomic E-state index is 0.317. The minimum Gasteiger partial charge on any atom is -0.463 e. The van der Waals surface area contributed by atoms with Gasteiger partial charge < -0.3 is 28.4 Å². The number of alkyl halides is 1. The van der Waals surface area contributed by atoms with Gasteiger partial charge >= 0.3 is 23.9 Å². The van der Waals surface area contributed by atoms with E-state index in [-0.39, 0.29) is 6.61 Å². The Morgan fingerprint density at radius 2 is 1.54 bits per heavy atom. The third kappa shape index (κ3) is 6.83. The van der Waals surface area contributed by atoms with E-state index in [0.717, 1.165) is 28.8 Å². The number of halogens is 1. The van der Waals surface area contributed by atoms with Crippen LogP contribution in [0.2, 0.25) is 0 Å². The molecule has 0 amide bonds. The average Bonchev–Trinajstić information content (AvgIpc) is 3.20. The van der Waals surface area contributed by atoms with Gasteiger partial charge in [-0.05, 0) is 18.2 Å². The predicted octanol–water partition coefficient (Wildman–Crippen LogP) is 3.10. The van der Waals surface area contributed by atoms with Crippen LogP contribution in [0.4, 0.5) is 0 Å². The fourth-order valence-electron chi connectivity index (χ4n) is 3.66. The predicted molar refractivity (Wildman–Crippen MR) is 124 cm³/mol. The summed E-state index contributed by atoms with van der Waals surface area (Å²) in [6.07, 6.45) is -6.26. The third-order valence-corrected chi connectivity index (χ3v) is 6.44.